The van der Waals surface area contributed by atoms with Gasteiger partial charge in [0, 0.05) is 18.3 Å². The molecule has 5 nitrogen and oxygen atoms in total. The number of allylic oxidation sites excluding steroid dienone is 1. The first-order valence-electron chi connectivity index (χ1n) is 12.0. The number of Topliss-reactive ketones (excluding diaryl/α,β-unsaturated/α-hetero) is 1. The topological polar surface area (TPSA) is 61.8 Å². The van der Waals surface area contributed by atoms with E-state index in [9.17, 15) is 9.59 Å². The summed E-state index contributed by atoms with van der Waals surface area (Å²) in [6.45, 7) is 6.75. The first-order chi connectivity index (χ1) is 14.7. The molecule has 0 radical (unpaired) electrons. The smallest absolute Gasteiger partial charge is 0.284 e. The van der Waals surface area contributed by atoms with Crippen LogP contribution in [-0.2, 0) is 23.8 Å². The summed E-state index contributed by atoms with van der Waals surface area (Å²) in [7, 11) is 0. The molecule has 31 heavy (non-hydrogen) atoms. The van der Waals surface area contributed by atoms with Crippen molar-refractivity contribution in [2.75, 3.05) is 12.1 Å². The van der Waals surface area contributed by atoms with Crippen molar-refractivity contribution >= 4 is 27.5 Å². The lowest BCUT2D eigenvalue weighted by molar-refractivity contribution is -0.425. The highest BCUT2D eigenvalue weighted by atomic mass is 79.9. The van der Waals surface area contributed by atoms with Gasteiger partial charge in [0.1, 0.15) is 17.7 Å². The van der Waals surface area contributed by atoms with Gasteiger partial charge in [-0.3, -0.25) is 9.59 Å². The van der Waals surface area contributed by atoms with E-state index >= 15 is 0 Å². The molecule has 0 amide bonds. The molecule has 0 N–H and O–H groups in total. The number of rotatable bonds is 3. The predicted octanol–water partition coefficient (Wildman–Crippen LogP) is 5.31. The summed E-state index contributed by atoms with van der Waals surface area (Å²) in [5.74, 6) is 0.881. The quantitative estimate of drug-likeness (QED) is 0.497. The summed E-state index contributed by atoms with van der Waals surface area (Å²) >= 11 is 3.35. The second kappa shape index (κ2) is 7.48. The number of alkyl halides is 1. The molecular formula is C25H35BrO5. The lowest BCUT2D eigenvalue weighted by Crippen LogP contribution is -2.66. The molecule has 5 rings (SSSR count). The molecule has 0 aromatic rings. The first-order valence-corrected chi connectivity index (χ1v) is 13.2. The van der Waals surface area contributed by atoms with Gasteiger partial charge in [-0.05, 0) is 74.2 Å². The van der Waals surface area contributed by atoms with Crippen LogP contribution < -0.4 is 0 Å². The zero-order valence-electron chi connectivity index (χ0n) is 19.0. The number of fused-ring (bicyclic) bond motifs is 6. The number of carbonyl (C=O) groups is 2. The van der Waals surface area contributed by atoms with Crippen molar-refractivity contribution < 1.29 is 23.8 Å². The Kier molecular flexibility index (Phi) is 5.36. The molecule has 1 saturated heterocycles. The number of hydrogen-bond acceptors (Lipinski definition) is 5. The van der Waals surface area contributed by atoms with Crippen LogP contribution in [0.25, 0.3) is 0 Å². The monoisotopic (exact) mass is 494 g/mol. The van der Waals surface area contributed by atoms with Crippen molar-refractivity contribution in [1.29, 1.82) is 0 Å². The predicted molar refractivity (Wildman–Crippen MR) is 119 cm³/mol. The van der Waals surface area contributed by atoms with Crippen LogP contribution in [0.4, 0.5) is 0 Å². The second-order valence-corrected chi connectivity index (χ2v) is 11.4. The maximum Gasteiger partial charge on any atom is 0.284 e. The number of hydrogen-bond donors (Lipinski definition) is 0. The molecule has 1 heterocycles. The SMILES string of the molecule is CCC1(OCBr)OCC(=O)[C@]2(CCC3C4CCC5=CC(=O)CC[C@]5(C)C4CC[C@@]32C)O1. The average molecular weight is 495 g/mol. The molecule has 4 fully saturated rings. The van der Waals surface area contributed by atoms with Gasteiger partial charge in [0.05, 0.1) is 0 Å². The Morgan fingerprint density at radius 2 is 1.87 bits per heavy atom. The van der Waals surface area contributed by atoms with Gasteiger partial charge in [-0.15, -0.1) is 0 Å². The Balaban J connectivity index is 1.48. The molecule has 1 aliphatic heterocycles. The van der Waals surface area contributed by atoms with Gasteiger partial charge < -0.3 is 14.2 Å². The lowest BCUT2D eigenvalue weighted by Gasteiger charge is -2.60. The number of halogens is 1. The molecular weight excluding hydrogens is 460 g/mol. The van der Waals surface area contributed by atoms with E-state index < -0.39 is 11.6 Å². The molecule has 6 heteroatoms. The highest BCUT2D eigenvalue weighted by molar-refractivity contribution is 9.09. The van der Waals surface area contributed by atoms with Crippen molar-refractivity contribution in [3.8, 4) is 0 Å². The summed E-state index contributed by atoms with van der Waals surface area (Å²) < 4.78 is 18.3. The molecule has 4 aliphatic carbocycles. The largest absolute Gasteiger partial charge is 0.319 e. The lowest BCUT2D eigenvalue weighted by atomic mass is 9.46. The third-order valence-electron chi connectivity index (χ3n) is 9.99. The highest BCUT2D eigenvalue weighted by Crippen LogP contribution is 2.69. The molecule has 0 bridgehead atoms. The van der Waals surface area contributed by atoms with Crippen LogP contribution in [0.3, 0.4) is 0 Å². The van der Waals surface area contributed by atoms with Crippen molar-refractivity contribution in [2.24, 2.45) is 28.6 Å². The molecule has 4 unspecified atom stereocenters. The van der Waals surface area contributed by atoms with Gasteiger partial charge in [0.15, 0.2) is 11.6 Å². The van der Waals surface area contributed by atoms with Gasteiger partial charge in [0.2, 0.25) is 0 Å². The average Bonchev–Trinajstić information content (AvgIpc) is 3.04. The van der Waals surface area contributed by atoms with Crippen LogP contribution in [0.5, 0.6) is 0 Å². The van der Waals surface area contributed by atoms with E-state index in [0.29, 0.717) is 41.9 Å². The van der Waals surface area contributed by atoms with Gasteiger partial charge in [-0.25, -0.2) is 0 Å². The third kappa shape index (κ3) is 2.97. The van der Waals surface area contributed by atoms with E-state index in [1.165, 1.54) is 5.57 Å². The van der Waals surface area contributed by atoms with Gasteiger partial charge >= 0.3 is 0 Å². The van der Waals surface area contributed by atoms with Crippen molar-refractivity contribution in [3.63, 3.8) is 0 Å². The zero-order chi connectivity index (χ0) is 22.1. The fourth-order valence-electron chi connectivity index (χ4n) is 8.26. The molecule has 0 aromatic heterocycles. The maximum absolute atomic E-state index is 13.4. The minimum atomic E-state index is -1.15. The van der Waals surface area contributed by atoms with E-state index in [1.54, 1.807) is 0 Å². The summed E-state index contributed by atoms with van der Waals surface area (Å²) in [5.41, 5.74) is 0.810. The minimum Gasteiger partial charge on any atom is -0.319 e. The van der Waals surface area contributed by atoms with Crippen molar-refractivity contribution in [1.82, 2.24) is 0 Å². The fraction of sp³-hybridized carbons (Fsp3) is 0.840. The van der Waals surface area contributed by atoms with Crippen LogP contribution in [0, 0.1) is 28.6 Å². The first kappa shape index (κ1) is 22.2. The van der Waals surface area contributed by atoms with Crippen LogP contribution >= 0.6 is 15.9 Å². The Morgan fingerprint density at radius 3 is 2.61 bits per heavy atom. The van der Waals surface area contributed by atoms with Crippen LogP contribution in [0.15, 0.2) is 11.6 Å². The molecule has 7 atom stereocenters. The van der Waals surface area contributed by atoms with E-state index in [4.69, 9.17) is 14.2 Å². The number of ketones is 2. The summed E-state index contributed by atoms with van der Waals surface area (Å²) in [4.78, 5) is 25.5. The number of carbonyl (C=O) groups excluding carboxylic acids is 2. The summed E-state index contributed by atoms with van der Waals surface area (Å²) in [6.07, 6.45) is 10.2. The third-order valence-corrected chi connectivity index (χ3v) is 10.2. The Labute approximate surface area is 193 Å². The van der Waals surface area contributed by atoms with Crippen molar-refractivity contribution in [3.05, 3.63) is 11.6 Å². The Hall–Kier alpha value is -0.560. The normalized spacial score (nSPS) is 49.4. The summed E-state index contributed by atoms with van der Waals surface area (Å²) in [6, 6.07) is 0. The van der Waals surface area contributed by atoms with E-state index in [-0.39, 0.29) is 23.2 Å². The van der Waals surface area contributed by atoms with Gasteiger partial charge in [0.25, 0.3) is 5.97 Å². The van der Waals surface area contributed by atoms with E-state index in [2.05, 4.69) is 29.8 Å². The van der Waals surface area contributed by atoms with Gasteiger partial charge in [-0.1, -0.05) is 42.3 Å². The molecule has 1 spiro atoms. The fourth-order valence-corrected chi connectivity index (χ4v) is 8.61. The molecule has 5 aliphatic rings. The standard InChI is InChI=1S/C25H35BrO5/c1-4-25(30-15-26)29-14-21(28)24(31-25)12-9-20-18-6-5-16-13-17(27)7-10-22(16,2)19(18)8-11-23(20,24)3/h13,18-20H,4-12,14-15H2,1-3H3/t18?,19?,20?,22-,23-,24-,25?/m0/s1. The van der Waals surface area contributed by atoms with Crippen LogP contribution in [-0.4, -0.2) is 35.3 Å². The number of ether oxygens (including phenoxy) is 3. The molecule has 3 saturated carbocycles. The van der Waals surface area contributed by atoms with Crippen LogP contribution in [0.2, 0.25) is 0 Å². The second-order valence-electron chi connectivity index (χ2n) is 10.9. The Morgan fingerprint density at radius 1 is 1.10 bits per heavy atom. The molecule has 172 valence electrons. The van der Waals surface area contributed by atoms with Crippen LogP contribution in [0.1, 0.15) is 78.6 Å². The summed E-state index contributed by atoms with van der Waals surface area (Å²) in [5, 5.41) is 0. The highest BCUT2D eigenvalue weighted by Gasteiger charge is 2.70. The molecule has 0 aromatic carbocycles. The van der Waals surface area contributed by atoms with Crippen molar-refractivity contribution in [2.45, 2.75) is 90.1 Å². The minimum absolute atomic E-state index is 0.0595. The maximum atomic E-state index is 13.4. The zero-order valence-corrected chi connectivity index (χ0v) is 20.6. The van der Waals surface area contributed by atoms with E-state index in [1.807, 2.05) is 13.0 Å². The van der Waals surface area contributed by atoms with E-state index in [0.717, 1.165) is 44.9 Å². The van der Waals surface area contributed by atoms with Gasteiger partial charge in [-0.2, -0.15) is 0 Å². The Bertz CT molecular complexity index is 825.